The first-order valence-corrected chi connectivity index (χ1v) is 5.59. The van der Waals surface area contributed by atoms with Gasteiger partial charge in [0.05, 0.1) is 11.9 Å². The molecule has 0 atom stereocenters. The number of aromatic nitrogens is 3. The largest absolute Gasteiger partial charge is 0.375 e. The van der Waals surface area contributed by atoms with E-state index in [1.807, 2.05) is 30.3 Å². The maximum atomic E-state index is 5.61. The zero-order valence-corrected chi connectivity index (χ0v) is 9.11. The molecule has 0 amide bonds. The highest BCUT2D eigenvalue weighted by Gasteiger charge is 2.06. The summed E-state index contributed by atoms with van der Waals surface area (Å²) in [6.07, 6.45) is 1.72. The molecule has 2 aromatic heterocycles. The summed E-state index contributed by atoms with van der Waals surface area (Å²) < 4.78 is 0. The molecule has 0 radical (unpaired) electrons. The Bertz CT molecular complexity index is 633. The second kappa shape index (κ2) is 3.53. The molecule has 0 aliphatic heterocycles. The van der Waals surface area contributed by atoms with Crippen molar-refractivity contribution in [2.24, 2.45) is 0 Å². The Morgan fingerprint density at radius 1 is 1.06 bits per heavy atom. The number of hydrogen-bond donors (Lipinski definition) is 1. The van der Waals surface area contributed by atoms with Crippen molar-refractivity contribution in [3.05, 3.63) is 36.5 Å². The van der Waals surface area contributed by atoms with Gasteiger partial charge in [-0.15, -0.1) is 0 Å². The molecule has 0 saturated carbocycles. The van der Waals surface area contributed by atoms with Gasteiger partial charge >= 0.3 is 0 Å². The lowest BCUT2D eigenvalue weighted by Gasteiger charge is -1.98. The third-order valence-corrected chi connectivity index (χ3v) is 2.98. The van der Waals surface area contributed by atoms with Crippen LogP contribution in [0.25, 0.3) is 21.7 Å². The first-order chi connectivity index (χ1) is 7.83. The lowest BCUT2D eigenvalue weighted by Crippen LogP contribution is -1.86. The van der Waals surface area contributed by atoms with Crippen molar-refractivity contribution >= 4 is 26.9 Å². The first kappa shape index (κ1) is 9.23. The number of thiazole rings is 1. The normalized spacial score (nSPS) is 10.8. The van der Waals surface area contributed by atoms with Crippen LogP contribution in [0.1, 0.15) is 0 Å². The van der Waals surface area contributed by atoms with Crippen molar-refractivity contribution in [1.29, 1.82) is 0 Å². The SMILES string of the molecule is Nc1nc2ncc(-c3ccccc3)nc2s1. The van der Waals surface area contributed by atoms with Crippen LogP contribution >= 0.6 is 11.3 Å². The van der Waals surface area contributed by atoms with Crippen LogP contribution < -0.4 is 5.73 Å². The highest BCUT2D eigenvalue weighted by Crippen LogP contribution is 2.23. The number of benzene rings is 1. The maximum absolute atomic E-state index is 5.61. The van der Waals surface area contributed by atoms with E-state index in [1.54, 1.807) is 6.20 Å². The molecule has 0 fully saturated rings. The molecule has 0 aliphatic rings. The van der Waals surface area contributed by atoms with Crippen LogP contribution in [0.2, 0.25) is 0 Å². The number of nitrogen functional groups attached to an aromatic ring is 1. The molecule has 3 aromatic rings. The summed E-state index contributed by atoms with van der Waals surface area (Å²) in [7, 11) is 0. The molecule has 4 nitrogen and oxygen atoms in total. The van der Waals surface area contributed by atoms with E-state index >= 15 is 0 Å². The van der Waals surface area contributed by atoms with Gasteiger partial charge in [0, 0.05) is 5.56 Å². The molecular formula is C11H8N4S. The van der Waals surface area contributed by atoms with Crippen LogP contribution in [-0.4, -0.2) is 15.0 Å². The lowest BCUT2D eigenvalue weighted by molar-refractivity contribution is 1.27. The second-order valence-electron chi connectivity index (χ2n) is 3.30. The molecule has 3 rings (SSSR count). The van der Waals surface area contributed by atoms with Crippen LogP contribution in [0.5, 0.6) is 0 Å². The summed E-state index contributed by atoms with van der Waals surface area (Å²) in [5.74, 6) is 0. The third-order valence-electron chi connectivity index (χ3n) is 2.21. The monoisotopic (exact) mass is 228 g/mol. The Hall–Kier alpha value is -2.01. The van der Waals surface area contributed by atoms with E-state index in [1.165, 1.54) is 11.3 Å². The van der Waals surface area contributed by atoms with Crippen molar-refractivity contribution < 1.29 is 0 Å². The molecule has 0 unspecified atom stereocenters. The van der Waals surface area contributed by atoms with Crippen molar-refractivity contribution in [3.8, 4) is 11.3 Å². The number of rotatable bonds is 1. The minimum absolute atomic E-state index is 0.500. The van der Waals surface area contributed by atoms with E-state index in [0.29, 0.717) is 10.8 Å². The maximum Gasteiger partial charge on any atom is 0.191 e. The predicted octanol–water partition coefficient (Wildman–Crippen LogP) is 2.34. The smallest absolute Gasteiger partial charge is 0.191 e. The molecule has 16 heavy (non-hydrogen) atoms. The Kier molecular flexibility index (Phi) is 2.04. The summed E-state index contributed by atoms with van der Waals surface area (Å²) in [5, 5.41) is 0.500. The van der Waals surface area contributed by atoms with E-state index < -0.39 is 0 Å². The zero-order valence-electron chi connectivity index (χ0n) is 8.29. The standard InChI is InChI=1S/C11H8N4S/c12-11-15-9-10(16-11)14-8(6-13-9)7-4-2-1-3-5-7/h1-6H,(H2,12,13,15). The van der Waals surface area contributed by atoms with Crippen LogP contribution in [0.4, 0.5) is 5.13 Å². The fraction of sp³-hybridized carbons (Fsp3) is 0. The van der Waals surface area contributed by atoms with E-state index in [-0.39, 0.29) is 0 Å². The average molecular weight is 228 g/mol. The van der Waals surface area contributed by atoms with Crippen molar-refractivity contribution in [2.45, 2.75) is 0 Å². The number of anilines is 1. The van der Waals surface area contributed by atoms with Gasteiger partial charge in [0.25, 0.3) is 0 Å². The summed E-state index contributed by atoms with van der Waals surface area (Å²) in [6, 6.07) is 9.92. The van der Waals surface area contributed by atoms with Gasteiger partial charge in [0.15, 0.2) is 15.6 Å². The fourth-order valence-corrected chi connectivity index (χ4v) is 2.15. The molecule has 0 aliphatic carbocycles. The molecule has 1 aromatic carbocycles. The Balaban J connectivity index is 2.18. The first-order valence-electron chi connectivity index (χ1n) is 4.77. The fourth-order valence-electron chi connectivity index (χ4n) is 1.49. The van der Waals surface area contributed by atoms with Gasteiger partial charge in [0.1, 0.15) is 0 Å². The van der Waals surface area contributed by atoms with Gasteiger partial charge in [-0.3, -0.25) is 0 Å². The Morgan fingerprint density at radius 3 is 2.69 bits per heavy atom. The molecular weight excluding hydrogens is 220 g/mol. The number of nitrogens with two attached hydrogens (primary N) is 1. The Morgan fingerprint density at radius 2 is 1.88 bits per heavy atom. The van der Waals surface area contributed by atoms with Gasteiger partial charge in [-0.2, -0.15) is 4.98 Å². The molecule has 0 spiro atoms. The van der Waals surface area contributed by atoms with Crippen molar-refractivity contribution in [2.75, 3.05) is 5.73 Å². The summed E-state index contributed by atoms with van der Waals surface area (Å²) >= 11 is 1.35. The second-order valence-corrected chi connectivity index (χ2v) is 4.31. The van der Waals surface area contributed by atoms with E-state index in [4.69, 9.17) is 5.73 Å². The Labute approximate surface area is 95.8 Å². The summed E-state index contributed by atoms with van der Waals surface area (Å²) in [5.41, 5.74) is 8.11. The van der Waals surface area contributed by atoms with Gasteiger partial charge in [-0.25, -0.2) is 9.97 Å². The molecule has 0 saturated heterocycles. The number of hydrogen-bond acceptors (Lipinski definition) is 5. The van der Waals surface area contributed by atoms with Gasteiger partial charge < -0.3 is 5.73 Å². The minimum atomic E-state index is 0.500. The zero-order chi connectivity index (χ0) is 11.0. The van der Waals surface area contributed by atoms with Gasteiger partial charge in [-0.1, -0.05) is 41.7 Å². The lowest BCUT2D eigenvalue weighted by atomic mass is 10.2. The summed E-state index contributed by atoms with van der Waals surface area (Å²) in [4.78, 5) is 13.6. The van der Waals surface area contributed by atoms with Crippen LogP contribution in [-0.2, 0) is 0 Å². The predicted molar refractivity (Wildman–Crippen MR) is 65.1 cm³/mol. The topological polar surface area (TPSA) is 64.7 Å². The van der Waals surface area contributed by atoms with E-state index in [9.17, 15) is 0 Å². The van der Waals surface area contributed by atoms with Crippen molar-refractivity contribution in [1.82, 2.24) is 15.0 Å². The molecule has 5 heteroatoms. The van der Waals surface area contributed by atoms with E-state index in [2.05, 4.69) is 15.0 Å². The summed E-state index contributed by atoms with van der Waals surface area (Å²) in [6.45, 7) is 0. The van der Waals surface area contributed by atoms with Gasteiger partial charge in [-0.05, 0) is 0 Å². The third kappa shape index (κ3) is 1.51. The van der Waals surface area contributed by atoms with Crippen molar-refractivity contribution in [3.63, 3.8) is 0 Å². The van der Waals surface area contributed by atoms with Crippen LogP contribution in [0.3, 0.4) is 0 Å². The molecule has 0 bridgehead atoms. The molecule has 78 valence electrons. The van der Waals surface area contributed by atoms with Crippen LogP contribution in [0, 0.1) is 0 Å². The van der Waals surface area contributed by atoms with Gasteiger partial charge in [0.2, 0.25) is 0 Å². The highest BCUT2D eigenvalue weighted by molar-refractivity contribution is 7.21. The van der Waals surface area contributed by atoms with E-state index in [0.717, 1.165) is 16.1 Å². The quantitative estimate of drug-likeness (QED) is 0.694. The average Bonchev–Trinajstić information content (AvgIpc) is 2.69. The van der Waals surface area contributed by atoms with Crippen LogP contribution in [0.15, 0.2) is 36.5 Å². The minimum Gasteiger partial charge on any atom is -0.375 e. The number of nitrogens with zero attached hydrogens (tertiary/aromatic N) is 3. The highest BCUT2D eigenvalue weighted by atomic mass is 32.1. The molecule has 2 N–H and O–H groups in total. The molecule has 2 heterocycles. The number of fused-ring (bicyclic) bond motifs is 1.